The number of carbonyl (C=O) groups excluding carboxylic acids is 1. The van der Waals surface area contributed by atoms with E-state index in [0.717, 1.165) is 9.47 Å². The van der Waals surface area contributed by atoms with Crippen LogP contribution in [0.2, 0.25) is 0 Å². The number of fused-ring (bicyclic) bond motifs is 1. The molecule has 1 aromatic heterocycles. The first-order chi connectivity index (χ1) is 29.8. The van der Waals surface area contributed by atoms with Crippen molar-refractivity contribution in [2.24, 2.45) is 0 Å². The molecule has 1 aliphatic rings. The molecule has 0 atom stereocenters. The minimum Gasteiger partial charge on any atom is -0.348 e. The molecule has 0 fully saturated rings. The van der Waals surface area contributed by atoms with E-state index in [0.29, 0.717) is 31.3 Å². The summed E-state index contributed by atoms with van der Waals surface area (Å²) in [7, 11) is 115. The van der Waals surface area contributed by atoms with Gasteiger partial charge in [-0.2, -0.15) is 18.2 Å². The highest BCUT2D eigenvalue weighted by atomic mass is 32.2. The van der Waals surface area contributed by atoms with E-state index in [1.165, 1.54) is 0 Å². The number of halogens is 4. The van der Waals surface area contributed by atoms with Crippen molar-refractivity contribution in [3.8, 4) is 11.1 Å². The fraction of sp³-hybridized carbons (Fsp3) is 0.361. The minimum atomic E-state index is -5.08. The maximum absolute atomic E-state index is 15.3. The van der Waals surface area contributed by atoms with Crippen LogP contribution in [0.5, 0.6) is 0 Å². The standard InChI is InChI=1S/C36H20B18F4N4O2S/c1-3-60(4-2)8-9-61(33(49,50)14-21(41)17(37)12(18(38)22(14)42)13-19(39)25(45)16(36(56,57)58)26(46)20(13)40)31(64)34(51,52)62-11-7-5-6-10(11)30(63)59-32(62)65-35(53,54)15-23(43)27(47)29(55)28(48)24(15)44/h3-9H2,1-2H3. The van der Waals surface area contributed by atoms with Gasteiger partial charge in [-0.1, -0.05) is 102 Å². The number of rotatable bonds is 13. The second kappa shape index (κ2) is 18.9. The van der Waals surface area contributed by atoms with Gasteiger partial charge in [-0.05, 0) is 53.4 Å². The lowest BCUT2D eigenvalue weighted by Gasteiger charge is -2.49. The zero-order valence-corrected chi connectivity index (χ0v) is 36.2. The molecule has 0 spiro atoms. The molecule has 1 amide bonds. The van der Waals surface area contributed by atoms with E-state index >= 15 is 4.79 Å². The van der Waals surface area contributed by atoms with Crippen LogP contribution in [0, 0.1) is 5.82 Å². The molecule has 0 unspecified atom stereocenters. The Morgan fingerprint density at radius 1 is 0.646 bits per heavy atom. The normalized spacial score (nSPS) is 13.3. The quantitative estimate of drug-likeness (QED) is 0.0581. The largest absolute Gasteiger partial charge is 0.415 e. The van der Waals surface area contributed by atoms with Gasteiger partial charge in [-0.25, -0.2) is 4.39 Å². The fourth-order valence-electron chi connectivity index (χ4n) is 8.01. The molecule has 0 saturated heterocycles. The summed E-state index contributed by atoms with van der Waals surface area (Å²) in [5.41, 5.74) is -11.4. The van der Waals surface area contributed by atoms with Crippen molar-refractivity contribution in [1.29, 1.82) is 0 Å². The Labute approximate surface area is 405 Å². The smallest absolute Gasteiger partial charge is 0.348 e. The van der Waals surface area contributed by atoms with E-state index in [2.05, 4.69) is 4.98 Å². The highest BCUT2D eigenvalue weighted by Crippen LogP contribution is 2.38. The lowest BCUT2D eigenvalue weighted by Crippen LogP contribution is -2.65. The van der Waals surface area contributed by atoms with Crippen LogP contribution in [-0.4, -0.2) is 193 Å². The van der Waals surface area contributed by atoms with Gasteiger partial charge in [0.25, 0.3) is 5.56 Å². The van der Waals surface area contributed by atoms with Crippen molar-refractivity contribution in [1.82, 2.24) is 19.4 Å². The number of nitrogens with zero attached hydrogens (tertiary/aromatic N) is 4. The SMILES string of the molecule is [B]c1c([B])c(C([B])([B])Sc2nc(=O)c3c(n2C([B])([B])C(=O)N(CCN(CC)CC)C([B])([B])c2c([B])c([B])c(-c4c([B])c([B])c(C(F)(F)F)c([B])c4[B])c([B])c2[B])CCC3)c([B])c([B])c1F. The molecule has 284 valence electrons. The number of amides is 1. The van der Waals surface area contributed by atoms with Crippen molar-refractivity contribution in [2.45, 2.75) is 59.7 Å². The van der Waals surface area contributed by atoms with Crippen LogP contribution < -0.4 is 71.1 Å². The molecule has 5 rings (SSSR count). The third-order valence-electron chi connectivity index (χ3n) is 11.5. The van der Waals surface area contributed by atoms with E-state index in [1.54, 1.807) is 0 Å². The summed E-state index contributed by atoms with van der Waals surface area (Å²) in [4.78, 5) is 35.7. The summed E-state index contributed by atoms with van der Waals surface area (Å²) in [6.45, 7) is 4.31. The molecule has 0 aliphatic heterocycles. The van der Waals surface area contributed by atoms with Crippen LogP contribution in [0.15, 0.2) is 9.95 Å². The molecule has 1 heterocycles. The van der Waals surface area contributed by atoms with E-state index in [-0.39, 0.29) is 48.3 Å². The van der Waals surface area contributed by atoms with Gasteiger partial charge in [-0.3, -0.25) is 9.59 Å². The molecule has 29 heteroatoms. The van der Waals surface area contributed by atoms with Crippen molar-refractivity contribution >= 4 is 224 Å². The Hall–Kier alpha value is -2.79. The molecule has 6 nitrogen and oxygen atoms in total. The Kier molecular flexibility index (Phi) is 15.5. The number of aromatic nitrogens is 2. The number of carbonyl (C=O) groups is 1. The first kappa shape index (κ1) is 53.2. The highest BCUT2D eigenvalue weighted by Gasteiger charge is 2.44. The molecule has 4 aromatic rings. The molecule has 65 heavy (non-hydrogen) atoms. The zero-order valence-electron chi connectivity index (χ0n) is 35.4. The molecule has 0 saturated carbocycles. The van der Waals surface area contributed by atoms with Crippen LogP contribution in [-0.2, 0) is 39.0 Å². The third-order valence-corrected chi connectivity index (χ3v) is 12.5. The first-order valence-corrected chi connectivity index (χ1v) is 20.3. The molecule has 3 aromatic carbocycles. The van der Waals surface area contributed by atoms with E-state index in [4.69, 9.17) is 141 Å². The predicted octanol–water partition coefficient (Wildman–Crippen LogP) is -10.4. The maximum atomic E-state index is 15.3. The Bertz CT molecular complexity index is 2590. The van der Waals surface area contributed by atoms with E-state index in [9.17, 15) is 22.4 Å². The molecular weight excluding hydrogens is 823 g/mol. The van der Waals surface area contributed by atoms with Crippen LogP contribution in [0.3, 0.4) is 0 Å². The van der Waals surface area contributed by atoms with Gasteiger partial charge in [-0.15, -0.1) is 0 Å². The highest BCUT2D eigenvalue weighted by molar-refractivity contribution is 8.02. The molecule has 0 N–H and O–H groups in total. The van der Waals surface area contributed by atoms with Gasteiger partial charge >= 0.3 is 6.18 Å². The van der Waals surface area contributed by atoms with Crippen molar-refractivity contribution in [3.63, 3.8) is 0 Å². The summed E-state index contributed by atoms with van der Waals surface area (Å²) in [5, 5.41) is -5.93. The van der Waals surface area contributed by atoms with Crippen molar-refractivity contribution in [3.05, 3.63) is 44.1 Å². The van der Waals surface area contributed by atoms with Crippen LogP contribution in [0.25, 0.3) is 11.1 Å². The van der Waals surface area contributed by atoms with Crippen LogP contribution >= 0.6 is 11.8 Å². The second-order valence-corrected chi connectivity index (χ2v) is 16.7. The topological polar surface area (TPSA) is 58.4 Å². The maximum Gasteiger partial charge on any atom is 0.415 e. The summed E-state index contributed by atoms with van der Waals surface area (Å²) in [5.74, 6) is -2.38. The Morgan fingerprint density at radius 2 is 1.08 bits per heavy atom. The Morgan fingerprint density at radius 3 is 1.51 bits per heavy atom. The summed E-state index contributed by atoms with van der Waals surface area (Å²) in [6, 6.07) is 0. The van der Waals surface area contributed by atoms with E-state index < -0.39 is 126 Å². The van der Waals surface area contributed by atoms with Crippen molar-refractivity contribution in [2.75, 3.05) is 26.2 Å². The summed E-state index contributed by atoms with van der Waals surface area (Å²) >= 11 is 0.396. The van der Waals surface area contributed by atoms with Gasteiger partial charge in [0.05, 0.1) is 31.4 Å². The van der Waals surface area contributed by atoms with Gasteiger partial charge in [0.2, 0.25) is 5.91 Å². The second-order valence-electron chi connectivity index (χ2n) is 15.5. The van der Waals surface area contributed by atoms with Gasteiger partial charge < -0.3 is 14.4 Å². The molecule has 0 bridgehead atoms. The van der Waals surface area contributed by atoms with Crippen LogP contribution in [0.4, 0.5) is 17.6 Å². The van der Waals surface area contributed by atoms with Crippen molar-refractivity contribution < 1.29 is 22.4 Å². The Balaban J connectivity index is 1.76. The number of likely N-dealkylation sites (N-methyl/N-ethyl adjacent to an activating group) is 1. The number of hydrogen-bond donors (Lipinski definition) is 0. The van der Waals surface area contributed by atoms with Gasteiger partial charge in [0.15, 0.2) is 5.16 Å². The number of thioether (sulfide) groups is 1. The number of hydrogen-bond acceptors (Lipinski definition) is 5. The van der Waals surface area contributed by atoms with Gasteiger partial charge in [0, 0.05) is 35.2 Å². The lowest BCUT2D eigenvalue weighted by molar-refractivity contribution is -0.137. The molecular formula is C36H20B18F4N4O2S. The summed E-state index contributed by atoms with van der Waals surface area (Å²) < 4.78 is 55.4. The zero-order chi connectivity index (χ0) is 49.4. The molecule has 1 aliphatic carbocycles. The lowest BCUT2D eigenvalue weighted by atomic mass is 9.48. The van der Waals surface area contributed by atoms with Crippen LogP contribution in [0.1, 0.15) is 48.2 Å². The minimum absolute atomic E-state index is 0.0633. The summed E-state index contributed by atoms with van der Waals surface area (Å²) in [6.07, 6.45) is -4.36. The average molecular weight is 843 g/mol. The predicted molar refractivity (Wildman–Crippen MR) is 270 cm³/mol. The first-order valence-electron chi connectivity index (χ1n) is 19.5. The molecule has 36 radical (unpaired) electrons. The number of alkyl halides is 3. The van der Waals surface area contributed by atoms with Gasteiger partial charge in [0.1, 0.15) is 116 Å². The average Bonchev–Trinajstić information content (AvgIpc) is 3.70. The fourth-order valence-corrected chi connectivity index (χ4v) is 9.11. The number of benzene rings is 3. The monoisotopic (exact) mass is 846 g/mol. The van der Waals surface area contributed by atoms with E-state index in [1.807, 2.05) is 18.7 Å². The third kappa shape index (κ3) is 9.14.